The first kappa shape index (κ1) is 15.4. The summed E-state index contributed by atoms with van der Waals surface area (Å²) in [4.78, 5) is 16.8. The third-order valence-corrected chi connectivity index (χ3v) is 4.07. The summed E-state index contributed by atoms with van der Waals surface area (Å²) in [7, 11) is 2.14. The Bertz CT molecular complexity index is 253. The van der Waals surface area contributed by atoms with Crippen LogP contribution in [0.5, 0.6) is 0 Å². The summed E-state index contributed by atoms with van der Waals surface area (Å²) >= 11 is 0. The minimum Gasteiger partial charge on any atom is -0.338 e. The van der Waals surface area contributed by atoms with Crippen LogP contribution in [0.15, 0.2) is 0 Å². The molecule has 2 N–H and O–H groups in total. The lowest BCUT2D eigenvalue weighted by molar-refractivity contribution is -0.134. The van der Waals surface area contributed by atoms with Gasteiger partial charge in [0, 0.05) is 25.6 Å². The van der Waals surface area contributed by atoms with Gasteiger partial charge in [-0.3, -0.25) is 4.79 Å². The van der Waals surface area contributed by atoms with Gasteiger partial charge in [-0.1, -0.05) is 20.3 Å². The van der Waals surface area contributed by atoms with E-state index in [1.807, 2.05) is 0 Å². The van der Waals surface area contributed by atoms with Gasteiger partial charge in [0.1, 0.15) is 0 Å². The highest BCUT2D eigenvalue weighted by Crippen LogP contribution is 2.16. The van der Waals surface area contributed by atoms with Crippen LogP contribution in [0.2, 0.25) is 0 Å². The van der Waals surface area contributed by atoms with E-state index in [1.54, 1.807) is 0 Å². The van der Waals surface area contributed by atoms with Crippen molar-refractivity contribution in [2.24, 2.45) is 11.7 Å². The quantitative estimate of drug-likeness (QED) is 0.805. The molecule has 1 rings (SSSR count). The van der Waals surface area contributed by atoms with Crippen molar-refractivity contribution in [3.63, 3.8) is 0 Å². The van der Waals surface area contributed by atoms with Crippen LogP contribution in [-0.4, -0.2) is 55.0 Å². The van der Waals surface area contributed by atoms with Crippen molar-refractivity contribution in [3.05, 3.63) is 0 Å². The largest absolute Gasteiger partial charge is 0.338 e. The van der Waals surface area contributed by atoms with Gasteiger partial charge in [0.15, 0.2) is 0 Å². The molecule has 4 nitrogen and oxygen atoms in total. The van der Waals surface area contributed by atoms with Crippen LogP contribution >= 0.6 is 0 Å². The Morgan fingerprint density at radius 3 is 2.67 bits per heavy atom. The zero-order valence-corrected chi connectivity index (χ0v) is 12.2. The molecule has 0 bridgehead atoms. The van der Waals surface area contributed by atoms with Crippen LogP contribution in [0.1, 0.15) is 39.5 Å². The second-order valence-corrected chi connectivity index (χ2v) is 5.48. The first-order valence-electron chi connectivity index (χ1n) is 7.30. The van der Waals surface area contributed by atoms with Gasteiger partial charge in [-0.15, -0.1) is 0 Å². The molecule has 0 aromatic heterocycles. The predicted octanol–water partition coefficient (Wildman–Crippen LogP) is 1.30. The van der Waals surface area contributed by atoms with E-state index in [4.69, 9.17) is 5.73 Å². The highest BCUT2D eigenvalue weighted by Gasteiger charge is 2.26. The molecule has 0 aromatic rings. The van der Waals surface area contributed by atoms with E-state index in [2.05, 4.69) is 30.7 Å². The molecule has 0 aliphatic carbocycles. The molecule has 0 radical (unpaired) electrons. The number of carbonyl (C=O) groups is 1. The molecule has 0 spiro atoms. The van der Waals surface area contributed by atoms with Crippen molar-refractivity contribution < 1.29 is 4.79 Å². The molecule has 0 aromatic carbocycles. The van der Waals surface area contributed by atoms with Gasteiger partial charge in [-0.2, -0.15) is 0 Å². The van der Waals surface area contributed by atoms with Crippen molar-refractivity contribution in [2.75, 3.05) is 33.2 Å². The molecule has 2 atom stereocenters. The molecule has 1 aliphatic rings. The molecule has 0 saturated carbocycles. The Labute approximate surface area is 111 Å². The number of nitrogens with zero attached hydrogens (tertiary/aromatic N) is 2. The molecular weight excluding hydrogens is 226 g/mol. The van der Waals surface area contributed by atoms with Gasteiger partial charge >= 0.3 is 0 Å². The summed E-state index contributed by atoms with van der Waals surface area (Å²) < 4.78 is 0. The highest BCUT2D eigenvalue weighted by atomic mass is 16.2. The number of carbonyl (C=O) groups excluding carboxylic acids is 1. The van der Waals surface area contributed by atoms with Gasteiger partial charge in [0.2, 0.25) is 5.91 Å². The maximum absolute atomic E-state index is 12.4. The Balaban J connectivity index is 2.62. The second kappa shape index (κ2) is 7.74. The summed E-state index contributed by atoms with van der Waals surface area (Å²) in [5.74, 6) is 0.644. The molecular formula is C14H29N3O. The molecule has 1 heterocycles. The standard InChI is InChI=1S/C14H29N3O/c1-4-12(10-15)9-14(18)17-8-6-7-16(3)11-13(17)5-2/h12-13H,4-11,15H2,1-3H3. The predicted molar refractivity (Wildman–Crippen MR) is 75.4 cm³/mol. The molecule has 18 heavy (non-hydrogen) atoms. The monoisotopic (exact) mass is 255 g/mol. The van der Waals surface area contributed by atoms with E-state index in [-0.39, 0.29) is 0 Å². The van der Waals surface area contributed by atoms with Gasteiger partial charge in [0.25, 0.3) is 0 Å². The number of likely N-dealkylation sites (N-methyl/N-ethyl adjacent to an activating group) is 1. The van der Waals surface area contributed by atoms with Crippen molar-refractivity contribution in [1.82, 2.24) is 9.80 Å². The summed E-state index contributed by atoms with van der Waals surface area (Å²) in [6, 6.07) is 0.375. The van der Waals surface area contributed by atoms with Gasteiger partial charge < -0.3 is 15.5 Å². The normalized spacial score (nSPS) is 23.8. The minimum absolute atomic E-state index is 0.300. The Morgan fingerprint density at radius 2 is 2.11 bits per heavy atom. The third kappa shape index (κ3) is 4.25. The van der Waals surface area contributed by atoms with E-state index >= 15 is 0 Å². The van der Waals surface area contributed by atoms with Crippen LogP contribution in [-0.2, 0) is 4.79 Å². The Kier molecular flexibility index (Phi) is 6.65. The van der Waals surface area contributed by atoms with Gasteiger partial charge in [-0.05, 0) is 38.9 Å². The molecule has 1 amide bonds. The average Bonchev–Trinajstić information content (AvgIpc) is 2.56. The van der Waals surface area contributed by atoms with Crippen molar-refractivity contribution in [3.8, 4) is 0 Å². The van der Waals surface area contributed by atoms with Crippen molar-refractivity contribution >= 4 is 5.91 Å². The summed E-state index contributed by atoms with van der Waals surface area (Å²) in [5, 5.41) is 0. The van der Waals surface area contributed by atoms with Crippen LogP contribution in [0, 0.1) is 5.92 Å². The lowest BCUT2D eigenvalue weighted by Crippen LogP contribution is -2.44. The first-order valence-corrected chi connectivity index (χ1v) is 7.30. The molecule has 1 saturated heterocycles. The molecule has 2 unspecified atom stereocenters. The fourth-order valence-corrected chi connectivity index (χ4v) is 2.68. The topological polar surface area (TPSA) is 49.6 Å². The van der Waals surface area contributed by atoms with Crippen LogP contribution in [0.25, 0.3) is 0 Å². The minimum atomic E-state index is 0.300. The number of hydrogen-bond acceptors (Lipinski definition) is 3. The molecule has 4 heteroatoms. The third-order valence-electron chi connectivity index (χ3n) is 4.07. The van der Waals surface area contributed by atoms with Gasteiger partial charge in [-0.25, -0.2) is 0 Å². The van der Waals surface area contributed by atoms with Crippen molar-refractivity contribution in [2.45, 2.75) is 45.6 Å². The lowest BCUT2D eigenvalue weighted by atomic mass is 10.0. The zero-order chi connectivity index (χ0) is 13.5. The summed E-state index contributed by atoms with van der Waals surface area (Å²) in [6.45, 7) is 7.90. The number of nitrogens with two attached hydrogens (primary N) is 1. The van der Waals surface area contributed by atoms with Crippen LogP contribution in [0.3, 0.4) is 0 Å². The number of rotatable bonds is 5. The number of hydrogen-bond donors (Lipinski definition) is 1. The zero-order valence-electron chi connectivity index (χ0n) is 12.2. The number of amides is 1. The highest BCUT2D eigenvalue weighted by molar-refractivity contribution is 5.76. The van der Waals surface area contributed by atoms with E-state index < -0.39 is 0 Å². The van der Waals surface area contributed by atoms with Gasteiger partial charge in [0.05, 0.1) is 0 Å². The van der Waals surface area contributed by atoms with E-state index in [0.29, 0.717) is 30.8 Å². The summed E-state index contributed by atoms with van der Waals surface area (Å²) in [5.41, 5.74) is 5.70. The first-order chi connectivity index (χ1) is 8.62. The molecule has 1 aliphatic heterocycles. The van der Waals surface area contributed by atoms with E-state index in [1.165, 1.54) is 0 Å². The van der Waals surface area contributed by atoms with Crippen molar-refractivity contribution in [1.29, 1.82) is 0 Å². The smallest absolute Gasteiger partial charge is 0.223 e. The Hall–Kier alpha value is -0.610. The maximum atomic E-state index is 12.4. The van der Waals surface area contributed by atoms with E-state index in [9.17, 15) is 4.79 Å². The Morgan fingerprint density at radius 1 is 1.39 bits per heavy atom. The fraction of sp³-hybridized carbons (Fsp3) is 0.929. The van der Waals surface area contributed by atoms with Crippen LogP contribution < -0.4 is 5.73 Å². The average molecular weight is 255 g/mol. The maximum Gasteiger partial charge on any atom is 0.223 e. The summed E-state index contributed by atoms with van der Waals surface area (Å²) in [6.07, 6.45) is 3.73. The SMILES string of the molecule is CCC(CN)CC(=O)N1CCCN(C)CC1CC. The molecule has 106 valence electrons. The van der Waals surface area contributed by atoms with Crippen LogP contribution in [0.4, 0.5) is 0 Å². The lowest BCUT2D eigenvalue weighted by Gasteiger charge is -2.31. The molecule has 1 fully saturated rings. The van der Waals surface area contributed by atoms with E-state index in [0.717, 1.165) is 38.9 Å². The fourth-order valence-electron chi connectivity index (χ4n) is 2.68. The second-order valence-electron chi connectivity index (χ2n) is 5.48.